The molecule has 0 aliphatic carbocycles. The third-order valence-electron chi connectivity index (χ3n) is 2.73. The van der Waals surface area contributed by atoms with E-state index >= 15 is 0 Å². The Hall–Kier alpha value is -0.840. The van der Waals surface area contributed by atoms with Crippen molar-refractivity contribution in [1.29, 1.82) is 0 Å². The Labute approximate surface area is 124 Å². The number of hydrogen-bond acceptors (Lipinski definition) is 2. The fourth-order valence-electron chi connectivity index (χ4n) is 1.65. The SMILES string of the molecule is CN(CC(C)(C)CN)C(=O)c1ccc(F)cc1Cl.Cl. The number of nitrogens with two attached hydrogens (primary N) is 1. The average Bonchev–Trinajstić information content (AvgIpc) is 2.27. The maximum atomic E-state index is 12.9. The van der Waals surface area contributed by atoms with E-state index in [4.69, 9.17) is 17.3 Å². The molecule has 0 bridgehead atoms. The van der Waals surface area contributed by atoms with Crippen LogP contribution in [-0.2, 0) is 0 Å². The number of carbonyl (C=O) groups excluding carboxylic acids is 1. The van der Waals surface area contributed by atoms with Crippen molar-refractivity contribution in [2.45, 2.75) is 13.8 Å². The number of amides is 1. The second-order valence-electron chi connectivity index (χ2n) is 5.15. The molecule has 0 spiro atoms. The van der Waals surface area contributed by atoms with Gasteiger partial charge in [-0.3, -0.25) is 4.79 Å². The highest BCUT2D eigenvalue weighted by atomic mass is 35.5. The summed E-state index contributed by atoms with van der Waals surface area (Å²) in [6, 6.07) is 3.75. The summed E-state index contributed by atoms with van der Waals surface area (Å²) < 4.78 is 12.9. The molecule has 0 heterocycles. The highest BCUT2D eigenvalue weighted by Gasteiger charge is 2.23. The highest BCUT2D eigenvalue weighted by molar-refractivity contribution is 6.33. The van der Waals surface area contributed by atoms with Crippen molar-refractivity contribution >= 4 is 29.9 Å². The van der Waals surface area contributed by atoms with Gasteiger partial charge in [-0.2, -0.15) is 0 Å². The Bertz CT molecular complexity index is 452. The van der Waals surface area contributed by atoms with Crippen LogP contribution in [0.25, 0.3) is 0 Å². The van der Waals surface area contributed by atoms with Crippen molar-refractivity contribution in [3.63, 3.8) is 0 Å². The normalized spacial score (nSPS) is 10.8. The van der Waals surface area contributed by atoms with Gasteiger partial charge in [0.1, 0.15) is 5.82 Å². The van der Waals surface area contributed by atoms with Crippen molar-refractivity contribution < 1.29 is 9.18 Å². The molecule has 1 amide bonds. The first-order valence-corrected chi connectivity index (χ1v) is 6.05. The van der Waals surface area contributed by atoms with E-state index in [-0.39, 0.29) is 28.8 Å². The second-order valence-corrected chi connectivity index (χ2v) is 5.56. The zero-order valence-electron chi connectivity index (χ0n) is 11.2. The molecule has 0 aliphatic rings. The van der Waals surface area contributed by atoms with Gasteiger partial charge in [0.15, 0.2) is 0 Å². The molecular formula is C13H19Cl2FN2O. The lowest BCUT2D eigenvalue weighted by atomic mass is 9.93. The number of nitrogens with zero attached hydrogens (tertiary/aromatic N) is 1. The van der Waals surface area contributed by atoms with E-state index in [1.807, 2.05) is 13.8 Å². The fraction of sp³-hybridized carbons (Fsp3) is 0.462. The van der Waals surface area contributed by atoms with Gasteiger partial charge in [0.05, 0.1) is 10.6 Å². The van der Waals surface area contributed by atoms with Crippen LogP contribution in [0.5, 0.6) is 0 Å². The third-order valence-corrected chi connectivity index (χ3v) is 3.04. The van der Waals surface area contributed by atoms with Crippen molar-refractivity contribution in [2.24, 2.45) is 11.1 Å². The van der Waals surface area contributed by atoms with Crippen LogP contribution in [0.4, 0.5) is 4.39 Å². The minimum atomic E-state index is -0.457. The minimum Gasteiger partial charge on any atom is -0.341 e. The van der Waals surface area contributed by atoms with Crippen LogP contribution >= 0.6 is 24.0 Å². The molecule has 2 N–H and O–H groups in total. The van der Waals surface area contributed by atoms with Gasteiger partial charge in [-0.15, -0.1) is 12.4 Å². The predicted molar refractivity (Wildman–Crippen MR) is 78.5 cm³/mol. The number of carbonyl (C=O) groups is 1. The van der Waals surface area contributed by atoms with Gasteiger partial charge in [-0.05, 0) is 30.2 Å². The van der Waals surface area contributed by atoms with Crippen molar-refractivity contribution in [1.82, 2.24) is 4.90 Å². The summed E-state index contributed by atoms with van der Waals surface area (Å²) in [6.45, 7) is 4.93. The van der Waals surface area contributed by atoms with E-state index in [9.17, 15) is 9.18 Å². The number of halogens is 3. The van der Waals surface area contributed by atoms with Crippen molar-refractivity contribution in [3.05, 3.63) is 34.6 Å². The van der Waals surface area contributed by atoms with Crippen LogP contribution in [0.3, 0.4) is 0 Å². The Morgan fingerprint density at radius 1 is 1.47 bits per heavy atom. The largest absolute Gasteiger partial charge is 0.341 e. The predicted octanol–water partition coefficient (Wildman–Crippen LogP) is 2.96. The Morgan fingerprint density at radius 3 is 2.53 bits per heavy atom. The van der Waals surface area contributed by atoms with E-state index in [0.717, 1.165) is 6.07 Å². The molecule has 3 nitrogen and oxygen atoms in total. The van der Waals surface area contributed by atoms with Crippen LogP contribution < -0.4 is 5.73 Å². The lowest BCUT2D eigenvalue weighted by Gasteiger charge is -2.29. The minimum absolute atomic E-state index is 0. The molecule has 0 aromatic heterocycles. The first-order valence-electron chi connectivity index (χ1n) is 5.67. The van der Waals surface area contributed by atoms with Gasteiger partial charge >= 0.3 is 0 Å². The lowest BCUT2D eigenvalue weighted by molar-refractivity contribution is 0.0740. The summed E-state index contributed by atoms with van der Waals surface area (Å²) in [5.41, 5.74) is 5.76. The van der Waals surface area contributed by atoms with Crippen LogP contribution in [-0.4, -0.2) is 30.9 Å². The fourth-order valence-corrected chi connectivity index (χ4v) is 1.90. The molecule has 19 heavy (non-hydrogen) atoms. The molecule has 1 aromatic carbocycles. The summed E-state index contributed by atoms with van der Waals surface area (Å²) >= 11 is 5.86. The molecule has 1 rings (SSSR count). The maximum absolute atomic E-state index is 12.9. The van der Waals surface area contributed by atoms with Gasteiger partial charge in [-0.1, -0.05) is 25.4 Å². The molecule has 0 fully saturated rings. The quantitative estimate of drug-likeness (QED) is 0.929. The highest BCUT2D eigenvalue weighted by Crippen LogP contribution is 2.21. The number of benzene rings is 1. The van der Waals surface area contributed by atoms with E-state index < -0.39 is 5.82 Å². The average molecular weight is 309 g/mol. The van der Waals surface area contributed by atoms with Crippen LogP contribution in [0.2, 0.25) is 5.02 Å². The summed E-state index contributed by atoms with van der Waals surface area (Å²) in [6.07, 6.45) is 0. The monoisotopic (exact) mass is 308 g/mol. The number of rotatable bonds is 4. The van der Waals surface area contributed by atoms with Gasteiger partial charge in [0.2, 0.25) is 0 Å². The second kappa shape index (κ2) is 7.08. The van der Waals surface area contributed by atoms with Gasteiger partial charge in [-0.25, -0.2) is 4.39 Å². The molecule has 108 valence electrons. The molecule has 0 saturated heterocycles. The zero-order valence-corrected chi connectivity index (χ0v) is 12.8. The van der Waals surface area contributed by atoms with Crippen molar-refractivity contribution in [3.8, 4) is 0 Å². The third kappa shape index (κ3) is 4.97. The number of hydrogen-bond donors (Lipinski definition) is 1. The first kappa shape index (κ1) is 18.2. The molecular weight excluding hydrogens is 290 g/mol. The lowest BCUT2D eigenvalue weighted by Crippen LogP contribution is -2.39. The molecule has 0 unspecified atom stereocenters. The molecule has 0 radical (unpaired) electrons. The first-order chi connectivity index (χ1) is 8.26. The van der Waals surface area contributed by atoms with E-state index in [2.05, 4.69) is 0 Å². The van der Waals surface area contributed by atoms with Crippen LogP contribution in [0.15, 0.2) is 18.2 Å². The molecule has 0 aliphatic heterocycles. The maximum Gasteiger partial charge on any atom is 0.255 e. The van der Waals surface area contributed by atoms with E-state index in [0.29, 0.717) is 18.7 Å². The zero-order chi connectivity index (χ0) is 13.9. The molecule has 6 heteroatoms. The summed E-state index contributed by atoms with van der Waals surface area (Å²) in [5, 5.41) is 0.123. The van der Waals surface area contributed by atoms with Gasteiger partial charge < -0.3 is 10.6 Å². The molecule has 0 atom stereocenters. The van der Waals surface area contributed by atoms with Crippen molar-refractivity contribution in [2.75, 3.05) is 20.1 Å². The Morgan fingerprint density at radius 2 is 2.05 bits per heavy atom. The topological polar surface area (TPSA) is 46.3 Å². The summed E-state index contributed by atoms with van der Waals surface area (Å²) in [4.78, 5) is 13.7. The Balaban J connectivity index is 0.00000324. The summed E-state index contributed by atoms with van der Waals surface area (Å²) in [5.74, 6) is -0.692. The van der Waals surface area contributed by atoms with Gasteiger partial charge in [0.25, 0.3) is 5.91 Å². The standard InChI is InChI=1S/C13H18ClFN2O.ClH/c1-13(2,7-16)8-17(3)12(18)10-5-4-9(15)6-11(10)14;/h4-6H,7-8,16H2,1-3H3;1H. The van der Waals surface area contributed by atoms with Crippen LogP contribution in [0.1, 0.15) is 24.2 Å². The van der Waals surface area contributed by atoms with Gasteiger partial charge in [0, 0.05) is 13.6 Å². The van der Waals surface area contributed by atoms with E-state index in [1.165, 1.54) is 12.1 Å². The van der Waals surface area contributed by atoms with E-state index in [1.54, 1.807) is 11.9 Å². The molecule has 0 saturated carbocycles. The smallest absolute Gasteiger partial charge is 0.255 e. The molecule has 1 aromatic rings. The Kier molecular flexibility index (Phi) is 6.77. The summed E-state index contributed by atoms with van der Waals surface area (Å²) in [7, 11) is 1.68. The van der Waals surface area contributed by atoms with Crippen LogP contribution in [0, 0.1) is 11.2 Å².